The molecule has 2 aromatic rings. The Morgan fingerprint density at radius 2 is 1.95 bits per heavy atom. The lowest BCUT2D eigenvalue weighted by atomic mass is 10.2. The summed E-state index contributed by atoms with van der Waals surface area (Å²) in [5.74, 6) is 0.253. The van der Waals surface area contributed by atoms with Crippen molar-refractivity contribution in [2.45, 2.75) is 6.92 Å². The fraction of sp³-hybridized carbons (Fsp3) is 0.182. The molecule has 0 unspecified atom stereocenters. The van der Waals surface area contributed by atoms with Crippen LogP contribution in [0, 0.1) is 17.0 Å². The Kier molecular flexibility index (Phi) is 3.94. The second kappa shape index (κ2) is 5.66. The van der Waals surface area contributed by atoms with Gasteiger partial charge in [-0.15, -0.1) is 4.98 Å². The standard InChI is InChI=1S/C11H9ClN4O4/c1-6-7(16(17)18)4-3-5-8(6)20-11-14-9(12)13-10(15-11)19-2/h3-5H,1-2H3. The smallest absolute Gasteiger partial charge is 0.329 e. The third-order valence-electron chi connectivity index (χ3n) is 2.40. The molecule has 104 valence electrons. The molecule has 0 atom stereocenters. The van der Waals surface area contributed by atoms with Gasteiger partial charge in [0.1, 0.15) is 5.75 Å². The van der Waals surface area contributed by atoms with Crippen molar-refractivity contribution in [1.82, 2.24) is 15.0 Å². The van der Waals surface area contributed by atoms with Crippen LogP contribution in [0.15, 0.2) is 18.2 Å². The van der Waals surface area contributed by atoms with Gasteiger partial charge in [-0.3, -0.25) is 10.1 Å². The fourth-order valence-corrected chi connectivity index (χ4v) is 1.61. The van der Waals surface area contributed by atoms with Crippen molar-refractivity contribution >= 4 is 17.3 Å². The molecule has 0 spiro atoms. The Morgan fingerprint density at radius 1 is 1.25 bits per heavy atom. The van der Waals surface area contributed by atoms with Gasteiger partial charge in [0.15, 0.2) is 0 Å². The first-order chi connectivity index (χ1) is 9.51. The predicted molar refractivity (Wildman–Crippen MR) is 69.3 cm³/mol. The summed E-state index contributed by atoms with van der Waals surface area (Å²) in [6.45, 7) is 1.56. The van der Waals surface area contributed by atoms with Crippen LogP contribution in [-0.2, 0) is 0 Å². The quantitative estimate of drug-likeness (QED) is 0.631. The van der Waals surface area contributed by atoms with E-state index in [1.165, 1.54) is 19.2 Å². The maximum absolute atomic E-state index is 10.8. The molecule has 0 radical (unpaired) electrons. The molecule has 1 heterocycles. The molecule has 0 aliphatic rings. The van der Waals surface area contributed by atoms with E-state index in [0.717, 1.165) is 0 Å². The van der Waals surface area contributed by atoms with Gasteiger partial charge in [-0.25, -0.2) is 0 Å². The van der Waals surface area contributed by atoms with Gasteiger partial charge in [-0.1, -0.05) is 6.07 Å². The third-order valence-corrected chi connectivity index (χ3v) is 2.57. The van der Waals surface area contributed by atoms with Gasteiger partial charge in [0, 0.05) is 6.07 Å². The molecule has 0 aliphatic heterocycles. The van der Waals surface area contributed by atoms with Crippen molar-refractivity contribution in [2.24, 2.45) is 0 Å². The number of aromatic nitrogens is 3. The molecule has 9 heteroatoms. The van der Waals surface area contributed by atoms with Gasteiger partial charge in [-0.05, 0) is 24.6 Å². The zero-order chi connectivity index (χ0) is 14.7. The van der Waals surface area contributed by atoms with E-state index in [1.54, 1.807) is 13.0 Å². The molecule has 8 nitrogen and oxygen atoms in total. The minimum atomic E-state index is -0.497. The van der Waals surface area contributed by atoms with Gasteiger partial charge < -0.3 is 9.47 Å². The molecule has 2 rings (SSSR count). The average molecular weight is 297 g/mol. The number of nitro groups is 1. The molecule has 0 amide bonds. The van der Waals surface area contributed by atoms with Crippen molar-refractivity contribution in [2.75, 3.05) is 7.11 Å². The first kappa shape index (κ1) is 13.9. The highest BCUT2D eigenvalue weighted by Gasteiger charge is 2.16. The normalized spacial score (nSPS) is 10.2. The number of nitrogens with zero attached hydrogens (tertiary/aromatic N) is 4. The van der Waals surface area contributed by atoms with Crippen molar-refractivity contribution in [3.63, 3.8) is 0 Å². The van der Waals surface area contributed by atoms with E-state index in [9.17, 15) is 10.1 Å². The minimum Gasteiger partial charge on any atom is -0.467 e. The highest BCUT2D eigenvalue weighted by molar-refractivity contribution is 6.28. The Bertz CT molecular complexity index is 665. The number of ether oxygens (including phenoxy) is 2. The van der Waals surface area contributed by atoms with Crippen LogP contribution in [0.2, 0.25) is 5.28 Å². The van der Waals surface area contributed by atoms with E-state index in [2.05, 4.69) is 15.0 Å². The molecule has 0 saturated carbocycles. The van der Waals surface area contributed by atoms with Gasteiger partial charge in [0.2, 0.25) is 5.28 Å². The SMILES string of the molecule is COc1nc(Cl)nc(Oc2cccc([N+](=O)[O-])c2C)n1. The first-order valence-corrected chi connectivity index (χ1v) is 5.76. The van der Waals surface area contributed by atoms with Crippen LogP contribution in [0.4, 0.5) is 5.69 Å². The largest absolute Gasteiger partial charge is 0.467 e. The molecular formula is C11H9ClN4O4. The molecule has 1 aromatic heterocycles. The second-order valence-corrected chi connectivity index (χ2v) is 3.97. The number of hydrogen-bond acceptors (Lipinski definition) is 7. The van der Waals surface area contributed by atoms with E-state index in [4.69, 9.17) is 21.1 Å². The Morgan fingerprint density at radius 3 is 2.60 bits per heavy atom. The zero-order valence-corrected chi connectivity index (χ0v) is 11.3. The van der Waals surface area contributed by atoms with E-state index in [1.807, 2.05) is 0 Å². The predicted octanol–water partition coefficient (Wildman–Crippen LogP) is 2.54. The van der Waals surface area contributed by atoms with E-state index in [0.29, 0.717) is 5.56 Å². The Balaban J connectivity index is 2.37. The van der Waals surface area contributed by atoms with Gasteiger partial charge >= 0.3 is 12.0 Å². The molecule has 0 aliphatic carbocycles. The van der Waals surface area contributed by atoms with Gasteiger partial charge in [0.25, 0.3) is 5.69 Å². The highest BCUT2D eigenvalue weighted by atomic mass is 35.5. The molecule has 0 bridgehead atoms. The molecular weight excluding hydrogens is 288 g/mol. The summed E-state index contributed by atoms with van der Waals surface area (Å²) in [6, 6.07) is 4.32. The second-order valence-electron chi connectivity index (χ2n) is 3.63. The number of methoxy groups -OCH3 is 1. The summed E-state index contributed by atoms with van der Waals surface area (Å²) in [7, 11) is 1.37. The minimum absolute atomic E-state index is 0.0110. The van der Waals surface area contributed by atoms with Gasteiger partial charge in [-0.2, -0.15) is 9.97 Å². The lowest BCUT2D eigenvalue weighted by Gasteiger charge is -2.07. The topological polar surface area (TPSA) is 100 Å². The molecule has 0 fully saturated rings. The summed E-state index contributed by atoms with van der Waals surface area (Å²) in [5, 5.41) is 10.7. The number of hydrogen-bond donors (Lipinski definition) is 0. The summed E-state index contributed by atoms with van der Waals surface area (Å²) in [4.78, 5) is 21.7. The van der Waals surface area contributed by atoms with E-state index < -0.39 is 4.92 Å². The lowest BCUT2D eigenvalue weighted by Crippen LogP contribution is -2.00. The van der Waals surface area contributed by atoms with Crippen LogP contribution in [0.25, 0.3) is 0 Å². The maximum Gasteiger partial charge on any atom is 0.329 e. The summed E-state index contributed by atoms with van der Waals surface area (Å²) < 4.78 is 10.2. The zero-order valence-electron chi connectivity index (χ0n) is 10.5. The number of benzene rings is 1. The van der Waals surface area contributed by atoms with E-state index in [-0.39, 0.29) is 28.7 Å². The molecule has 0 N–H and O–H groups in total. The molecule has 0 saturated heterocycles. The summed E-state index contributed by atoms with van der Waals surface area (Å²) in [6.07, 6.45) is 0. The van der Waals surface area contributed by atoms with Gasteiger partial charge in [0.05, 0.1) is 17.6 Å². The Labute approximate surface area is 118 Å². The Hall–Kier alpha value is -2.48. The summed E-state index contributed by atoms with van der Waals surface area (Å²) >= 11 is 5.69. The number of rotatable bonds is 4. The monoisotopic (exact) mass is 296 g/mol. The van der Waals surface area contributed by atoms with Crippen LogP contribution >= 0.6 is 11.6 Å². The maximum atomic E-state index is 10.8. The lowest BCUT2D eigenvalue weighted by molar-refractivity contribution is -0.385. The first-order valence-electron chi connectivity index (χ1n) is 5.38. The van der Waals surface area contributed by atoms with Crippen molar-refractivity contribution in [3.05, 3.63) is 39.2 Å². The summed E-state index contributed by atoms with van der Waals surface area (Å²) in [5.41, 5.74) is 0.294. The number of nitro benzene ring substituents is 1. The van der Waals surface area contributed by atoms with Crippen molar-refractivity contribution in [1.29, 1.82) is 0 Å². The third kappa shape index (κ3) is 2.91. The average Bonchev–Trinajstić information content (AvgIpc) is 2.40. The van der Waals surface area contributed by atoms with Crippen LogP contribution < -0.4 is 9.47 Å². The van der Waals surface area contributed by atoms with E-state index >= 15 is 0 Å². The van der Waals surface area contributed by atoms with Crippen LogP contribution in [-0.4, -0.2) is 27.0 Å². The molecule has 1 aromatic carbocycles. The van der Waals surface area contributed by atoms with Crippen LogP contribution in [0.1, 0.15) is 5.56 Å². The fourth-order valence-electron chi connectivity index (χ4n) is 1.46. The highest BCUT2D eigenvalue weighted by Crippen LogP contribution is 2.30. The van der Waals surface area contributed by atoms with Crippen LogP contribution in [0.5, 0.6) is 17.8 Å². The van der Waals surface area contributed by atoms with Crippen molar-refractivity contribution in [3.8, 4) is 17.8 Å². The molecule has 20 heavy (non-hydrogen) atoms. The van der Waals surface area contributed by atoms with Crippen LogP contribution in [0.3, 0.4) is 0 Å². The van der Waals surface area contributed by atoms with Crippen molar-refractivity contribution < 1.29 is 14.4 Å². The number of halogens is 1.